The van der Waals surface area contributed by atoms with E-state index in [-0.39, 0.29) is 11.0 Å². The van der Waals surface area contributed by atoms with Gasteiger partial charge in [-0.3, -0.25) is 10.1 Å². The van der Waals surface area contributed by atoms with Crippen molar-refractivity contribution in [3.63, 3.8) is 0 Å². The van der Waals surface area contributed by atoms with Crippen LogP contribution < -0.4 is 15.4 Å². The zero-order valence-electron chi connectivity index (χ0n) is 16.5. The summed E-state index contributed by atoms with van der Waals surface area (Å²) < 4.78 is 7.09. The van der Waals surface area contributed by atoms with Gasteiger partial charge in [0.2, 0.25) is 4.96 Å². The van der Waals surface area contributed by atoms with Crippen molar-refractivity contribution in [1.29, 1.82) is 0 Å². The molecule has 0 aliphatic rings. The molecule has 0 saturated carbocycles. The first kappa shape index (κ1) is 21.2. The van der Waals surface area contributed by atoms with Crippen LogP contribution >= 0.6 is 35.2 Å². The number of hydrogen-bond donors (Lipinski definition) is 2. The lowest BCUT2D eigenvalue weighted by Crippen LogP contribution is -2.34. The van der Waals surface area contributed by atoms with Crippen molar-refractivity contribution in [2.24, 2.45) is 0 Å². The van der Waals surface area contributed by atoms with Crippen LogP contribution in [0.2, 0.25) is 5.02 Å². The lowest BCUT2D eigenvalue weighted by molar-refractivity contribution is 0.0977. The Bertz CT molecular complexity index is 1290. The van der Waals surface area contributed by atoms with Gasteiger partial charge in [0.15, 0.2) is 10.9 Å². The van der Waals surface area contributed by atoms with Crippen LogP contribution in [0.1, 0.15) is 23.1 Å². The molecule has 0 saturated heterocycles. The zero-order chi connectivity index (χ0) is 22.0. The van der Waals surface area contributed by atoms with Crippen LogP contribution in [-0.4, -0.2) is 37.4 Å². The molecule has 0 radical (unpaired) electrons. The lowest BCUT2D eigenvalue weighted by Gasteiger charge is -2.11. The molecular weight excluding hydrogens is 456 g/mol. The monoisotopic (exact) mass is 472 g/mol. The first-order chi connectivity index (χ1) is 14.9. The number of ether oxygens (including phenoxy) is 1. The summed E-state index contributed by atoms with van der Waals surface area (Å²) >= 11 is 12.9. The van der Waals surface area contributed by atoms with Crippen molar-refractivity contribution >= 4 is 56.8 Å². The second-order valence-electron chi connectivity index (χ2n) is 6.42. The van der Waals surface area contributed by atoms with E-state index in [1.54, 1.807) is 22.7 Å². The van der Waals surface area contributed by atoms with Gasteiger partial charge in [-0.05, 0) is 56.4 Å². The fourth-order valence-electron chi connectivity index (χ4n) is 2.81. The summed E-state index contributed by atoms with van der Waals surface area (Å²) in [5.41, 5.74) is 1.99. The average Bonchev–Trinajstić information content (AvgIpc) is 3.32. The van der Waals surface area contributed by atoms with Crippen molar-refractivity contribution in [2.75, 3.05) is 11.9 Å². The quantitative estimate of drug-likeness (QED) is 0.417. The summed E-state index contributed by atoms with van der Waals surface area (Å²) in [5.74, 6) is 0.881. The predicted octanol–water partition coefficient (Wildman–Crippen LogP) is 4.34. The number of rotatable bonds is 5. The number of halogens is 1. The molecule has 1 amide bonds. The van der Waals surface area contributed by atoms with Gasteiger partial charge in [-0.2, -0.15) is 9.61 Å². The van der Waals surface area contributed by atoms with Crippen molar-refractivity contribution < 1.29 is 9.53 Å². The maximum absolute atomic E-state index is 12.5. The van der Waals surface area contributed by atoms with Crippen LogP contribution in [0.3, 0.4) is 0 Å². The molecule has 158 valence electrons. The smallest absolute Gasteiger partial charge is 0.257 e. The first-order valence-electron chi connectivity index (χ1n) is 9.28. The van der Waals surface area contributed by atoms with E-state index < -0.39 is 0 Å². The molecule has 0 unspecified atom stereocenters. The number of aryl methyl sites for hydroxylation is 1. The summed E-state index contributed by atoms with van der Waals surface area (Å²) in [5, 5.41) is 19.6. The van der Waals surface area contributed by atoms with Gasteiger partial charge in [0.25, 0.3) is 5.91 Å². The third kappa shape index (κ3) is 4.66. The highest BCUT2D eigenvalue weighted by Crippen LogP contribution is 2.28. The molecule has 2 aromatic heterocycles. The Morgan fingerprint density at radius 2 is 2.10 bits per heavy atom. The van der Waals surface area contributed by atoms with Crippen molar-refractivity contribution in [3.8, 4) is 16.3 Å². The Morgan fingerprint density at radius 3 is 2.84 bits per heavy atom. The van der Waals surface area contributed by atoms with Crippen LogP contribution in [0.5, 0.6) is 5.75 Å². The number of carbonyl (C=O) groups excluding carboxylic acids is 1. The molecule has 0 aliphatic carbocycles. The number of amides is 1. The molecule has 0 bridgehead atoms. The third-order valence-corrected chi connectivity index (χ3v) is 5.68. The van der Waals surface area contributed by atoms with E-state index in [4.69, 9.17) is 28.6 Å². The van der Waals surface area contributed by atoms with Gasteiger partial charge < -0.3 is 10.1 Å². The van der Waals surface area contributed by atoms with Gasteiger partial charge in [0, 0.05) is 16.8 Å². The Kier molecular flexibility index (Phi) is 6.12. The minimum atomic E-state index is -0.372. The van der Waals surface area contributed by atoms with Crippen molar-refractivity contribution in [3.05, 3.63) is 58.9 Å². The Balaban J connectivity index is 1.44. The minimum Gasteiger partial charge on any atom is -0.492 e. The van der Waals surface area contributed by atoms with E-state index in [0.717, 1.165) is 27.0 Å². The number of fused-ring (bicyclic) bond motifs is 1. The Morgan fingerprint density at radius 1 is 1.26 bits per heavy atom. The lowest BCUT2D eigenvalue weighted by atomic mass is 10.2. The summed E-state index contributed by atoms with van der Waals surface area (Å²) in [7, 11) is 0. The molecule has 2 N–H and O–H groups in total. The number of nitrogens with one attached hydrogen (secondary N) is 2. The fraction of sp³-hybridized carbons (Fsp3) is 0.150. The second kappa shape index (κ2) is 8.96. The van der Waals surface area contributed by atoms with Crippen LogP contribution in [0, 0.1) is 6.92 Å². The summed E-state index contributed by atoms with van der Waals surface area (Å²) in [4.78, 5) is 13.2. The number of benzene rings is 2. The SMILES string of the molecule is CCOc1ccc(C(=O)NC(=S)Nc2cccc(-c3nn4c(C)nnc4s3)c2)cc1Cl. The maximum atomic E-state index is 12.5. The first-order valence-corrected chi connectivity index (χ1v) is 10.9. The van der Waals surface area contributed by atoms with Gasteiger partial charge in [-0.1, -0.05) is 35.1 Å². The number of anilines is 1. The van der Waals surface area contributed by atoms with Crippen molar-refractivity contribution in [2.45, 2.75) is 13.8 Å². The fourth-order valence-corrected chi connectivity index (χ4v) is 4.14. The maximum Gasteiger partial charge on any atom is 0.257 e. The number of hydrogen-bond acceptors (Lipinski definition) is 7. The number of aromatic nitrogens is 4. The number of nitrogens with zero attached hydrogens (tertiary/aromatic N) is 4. The van der Waals surface area contributed by atoms with Gasteiger partial charge in [-0.25, -0.2) is 0 Å². The highest BCUT2D eigenvalue weighted by atomic mass is 35.5. The molecule has 4 rings (SSSR count). The Hall–Kier alpha value is -3.08. The second-order valence-corrected chi connectivity index (χ2v) is 8.19. The highest BCUT2D eigenvalue weighted by Gasteiger charge is 2.13. The largest absolute Gasteiger partial charge is 0.492 e. The molecule has 8 nitrogen and oxygen atoms in total. The topological polar surface area (TPSA) is 93.4 Å². The molecular formula is C20H17ClN6O2S2. The van der Waals surface area contributed by atoms with Crippen LogP contribution in [-0.2, 0) is 0 Å². The van der Waals surface area contributed by atoms with Crippen molar-refractivity contribution in [1.82, 2.24) is 25.1 Å². The van der Waals surface area contributed by atoms with Crippen LogP contribution in [0.15, 0.2) is 42.5 Å². The van der Waals surface area contributed by atoms with E-state index >= 15 is 0 Å². The number of thiocarbonyl (C=S) groups is 1. The van der Waals surface area contributed by atoms with Crippen LogP contribution in [0.25, 0.3) is 15.5 Å². The van der Waals surface area contributed by atoms with Crippen LogP contribution in [0.4, 0.5) is 5.69 Å². The molecule has 4 aromatic rings. The van der Waals surface area contributed by atoms with E-state index in [0.29, 0.717) is 22.9 Å². The summed E-state index contributed by atoms with van der Waals surface area (Å²) in [6.07, 6.45) is 0. The molecule has 0 spiro atoms. The number of carbonyl (C=O) groups is 1. The highest BCUT2D eigenvalue weighted by molar-refractivity contribution is 7.80. The predicted molar refractivity (Wildman–Crippen MR) is 125 cm³/mol. The molecule has 11 heteroatoms. The molecule has 0 aliphatic heterocycles. The molecule has 2 aromatic carbocycles. The molecule has 2 heterocycles. The standard InChI is InChI=1S/C20H17ClN6O2S2/c1-3-29-16-8-7-12(10-15(16)21)17(28)23-19(30)22-14-6-4-5-13(9-14)18-26-27-11(2)24-25-20(27)31-18/h4-10H,3H2,1-2H3,(H2,22,23,28,30). The van der Waals surface area contributed by atoms with E-state index in [2.05, 4.69) is 25.9 Å². The van der Waals surface area contributed by atoms with Gasteiger partial charge >= 0.3 is 0 Å². The molecule has 31 heavy (non-hydrogen) atoms. The average molecular weight is 473 g/mol. The summed E-state index contributed by atoms with van der Waals surface area (Å²) in [6.45, 7) is 4.20. The summed E-state index contributed by atoms with van der Waals surface area (Å²) in [6, 6.07) is 12.4. The van der Waals surface area contributed by atoms with E-state index in [1.807, 2.05) is 38.1 Å². The van der Waals surface area contributed by atoms with Gasteiger partial charge in [-0.15, -0.1) is 10.2 Å². The van der Waals surface area contributed by atoms with E-state index in [9.17, 15) is 4.79 Å². The normalized spacial score (nSPS) is 10.8. The van der Waals surface area contributed by atoms with Gasteiger partial charge in [0.05, 0.1) is 11.6 Å². The van der Waals surface area contributed by atoms with E-state index in [1.165, 1.54) is 11.3 Å². The zero-order valence-corrected chi connectivity index (χ0v) is 18.9. The van der Waals surface area contributed by atoms with Gasteiger partial charge in [0.1, 0.15) is 10.8 Å². The minimum absolute atomic E-state index is 0.168. The molecule has 0 atom stereocenters. The Labute approximate surface area is 192 Å². The molecule has 0 fully saturated rings. The third-order valence-electron chi connectivity index (χ3n) is 4.24.